The molecule has 0 spiro atoms. The van der Waals surface area contributed by atoms with Gasteiger partial charge in [0.15, 0.2) is 5.16 Å². The number of carbonyl (C=O) groups is 1. The third-order valence-corrected chi connectivity index (χ3v) is 4.73. The maximum atomic E-state index is 13.8. The van der Waals surface area contributed by atoms with Crippen LogP contribution in [-0.2, 0) is 11.2 Å². The molecule has 1 N–H and O–H groups in total. The number of hydrogen-bond donors (Lipinski definition) is 1. The van der Waals surface area contributed by atoms with E-state index in [2.05, 4.69) is 15.5 Å². The molecule has 26 heavy (non-hydrogen) atoms. The minimum absolute atomic E-state index is 0.0801. The molecular formula is C18H16ClFN4OS. The Hall–Kier alpha value is -2.38. The molecule has 0 fully saturated rings. The molecule has 0 bridgehead atoms. The summed E-state index contributed by atoms with van der Waals surface area (Å²) in [5.74, 6) is -0.0205. The molecule has 0 aliphatic heterocycles. The van der Waals surface area contributed by atoms with Gasteiger partial charge >= 0.3 is 0 Å². The molecule has 0 saturated heterocycles. The molecule has 8 heteroatoms. The van der Waals surface area contributed by atoms with Crippen molar-refractivity contribution in [3.63, 3.8) is 0 Å². The first-order chi connectivity index (χ1) is 12.6. The van der Waals surface area contributed by atoms with Gasteiger partial charge in [-0.05, 0) is 30.3 Å². The summed E-state index contributed by atoms with van der Waals surface area (Å²) in [5.41, 5.74) is 1.03. The van der Waals surface area contributed by atoms with Gasteiger partial charge in [0.1, 0.15) is 11.6 Å². The van der Waals surface area contributed by atoms with Crippen molar-refractivity contribution in [2.45, 2.75) is 18.5 Å². The summed E-state index contributed by atoms with van der Waals surface area (Å²) < 4.78 is 15.7. The zero-order valence-electron chi connectivity index (χ0n) is 13.9. The Bertz CT molecular complexity index is 917. The second-order valence-electron chi connectivity index (χ2n) is 5.38. The number of benzene rings is 2. The molecule has 1 amide bonds. The van der Waals surface area contributed by atoms with Gasteiger partial charge in [0, 0.05) is 17.1 Å². The van der Waals surface area contributed by atoms with Gasteiger partial charge in [0.25, 0.3) is 0 Å². The van der Waals surface area contributed by atoms with Crippen molar-refractivity contribution >= 4 is 35.0 Å². The first-order valence-corrected chi connectivity index (χ1v) is 9.32. The van der Waals surface area contributed by atoms with Gasteiger partial charge in [-0.2, -0.15) is 0 Å². The second-order valence-corrected chi connectivity index (χ2v) is 6.76. The van der Waals surface area contributed by atoms with Crippen LogP contribution in [0.25, 0.3) is 5.69 Å². The van der Waals surface area contributed by atoms with E-state index in [1.165, 1.54) is 23.9 Å². The average Bonchev–Trinajstić information content (AvgIpc) is 3.06. The zero-order chi connectivity index (χ0) is 18.5. The molecule has 0 radical (unpaired) electrons. The van der Waals surface area contributed by atoms with Crippen LogP contribution in [0, 0.1) is 5.82 Å². The molecule has 134 valence electrons. The Morgan fingerprint density at radius 3 is 2.69 bits per heavy atom. The summed E-state index contributed by atoms with van der Waals surface area (Å²) in [4.78, 5) is 12.2. The smallest absolute Gasteiger partial charge is 0.234 e. The number of hydrogen-bond acceptors (Lipinski definition) is 4. The van der Waals surface area contributed by atoms with Crippen LogP contribution < -0.4 is 5.32 Å². The van der Waals surface area contributed by atoms with E-state index < -0.39 is 5.82 Å². The van der Waals surface area contributed by atoms with Crippen molar-refractivity contribution in [3.8, 4) is 5.69 Å². The number of para-hydroxylation sites is 1. The number of halogens is 2. The molecule has 0 atom stereocenters. The number of rotatable bonds is 6. The van der Waals surface area contributed by atoms with Crippen LogP contribution >= 0.6 is 23.4 Å². The summed E-state index contributed by atoms with van der Waals surface area (Å²) in [5, 5.41) is 11.8. The molecule has 1 aromatic heterocycles. The van der Waals surface area contributed by atoms with E-state index in [1.54, 1.807) is 0 Å². The Labute approximate surface area is 159 Å². The predicted molar refractivity (Wildman–Crippen MR) is 102 cm³/mol. The monoisotopic (exact) mass is 390 g/mol. The number of nitrogens with zero attached hydrogens (tertiary/aromatic N) is 3. The number of aryl methyl sites for hydroxylation is 1. The first-order valence-electron chi connectivity index (χ1n) is 7.96. The van der Waals surface area contributed by atoms with Crippen LogP contribution in [-0.4, -0.2) is 26.4 Å². The topological polar surface area (TPSA) is 59.8 Å². The van der Waals surface area contributed by atoms with Crippen LogP contribution in [0.3, 0.4) is 0 Å². The highest BCUT2D eigenvalue weighted by molar-refractivity contribution is 7.99. The van der Waals surface area contributed by atoms with Gasteiger partial charge in [0.2, 0.25) is 5.91 Å². The summed E-state index contributed by atoms with van der Waals surface area (Å²) in [6, 6.07) is 13.8. The Morgan fingerprint density at radius 2 is 2.00 bits per heavy atom. The number of anilines is 1. The molecule has 1 heterocycles. The lowest BCUT2D eigenvalue weighted by Gasteiger charge is -2.09. The van der Waals surface area contributed by atoms with E-state index in [4.69, 9.17) is 11.6 Å². The average molecular weight is 391 g/mol. The quantitative estimate of drug-likeness (QED) is 0.635. The van der Waals surface area contributed by atoms with E-state index in [0.29, 0.717) is 11.6 Å². The van der Waals surface area contributed by atoms with Gasteiger partial charge in [-0.1, -0.05) is 48.5 Å². The highest BCUT2D eigenvalue weighted by Gasteiger charge is 2.15. The van der Waals surface area contributed by atoms with Crippen molar-refractivity contribution in [2.75, 3.05) is 11.1 Å². The standard InChI is InChI=1S/C18H16ClFN4OS/c1-2-16-22-23-18(24(16)13-6-4-3-5-7-13)26-11-17(25)21-15-9-8-12(19)10-14(15)20/h3-10H,2,11H2,1H3,(H,21,25). The maximum absolute atomic E-state index is 13.8. The van der Waals surface area contributed by atoms with Crippen molar-refractivity contribution in [1.82, 2.24) is 14.8 Å². The molecule has 0 aliphatic rings. The van der Waals surface area contributed by atoms with Crippen molar-refractivity contribution < 1.29 is 9.18 Å². The van der Waals surface area contributed by atoms with Gasteiger partial charge in [-0.3, -0.25) is 9.36 Å². The number of aromatic nitrogens is 3. The minimum Gasteiger partial charge on any atom is -0.323 e. The fourth-order valence-corrected chi connectivity index (χ4v) is 3.30. The molecule has 2 aromatic carbocycles. The van der Waals surface area contributed by atoms with Crippen LogP contribution in [0.15, 0.2) is 53.7 Å². The third kappa shape index (κ3) is 4.23. The molecule has 3 aromatic rings. The largest absolute Gasteiger partial charge is 0.323 e. The lowest BCUT2D eigenvalue weighted by atomic mass is 10.3. The summed E-state index contributed by atoms with van der Waals surface area (Å²) in [6.45, 7) is 1.99. The van der Waals surface area contributed by atoms with E-state index in [9.17, 15) is 9.18 Å². The molecule has 3 rings (SSSR count). The van der Waals surface area contributed by atoms with E-state index >= 15 is 0 Å². The Morgan fingerprint density at radius 1 is 1.23 bits per heavy atom. The SMILES string of the molecule is CCc1nnc(SCC(=O)Nc2ccc(Cl)cc2F)n1-c1ccccc1. The van der Waals surface area contributed by atoms with Gasteiger partial charge in [0.05, 0.1) is 11.4 Å². The predicted octanol–water partition coefficient (Wildman–Crippen LogP) is 4.35. The highest BCUT2D eigenvalue weighted by atomic mass is 35.5. The lowest BCUT2D eigenvalue weighted by molar-refractivity contribution is -0.113. The van der Waals surface area contributed by atoms with Crippen LogP contribution in [0.5, 0.6) is 0 Å². The minimum atomic E-state index is -0.573. The second kappa shape index (κ2) is 8.33. The van der Waals surface area contributed by atoms with E-state index in [-0.39, 0.29) is 22.4 Å². The fraction of sp³-hybridized carbons (Fsp3) is 0.167. The molecule has 0 saturated carbocycles. The lowest BCUT2D eigenvalue weighted by Crippen LogP contribution is -2.15. The van der Waals surface area contributed by atoms with Crippen molar-refractivity contribution in [2.24, 2.45) is 0 Å². The van der Waals surface area contributed by atoms with E-state index in [0.717, 1.165) is 17.6 Å². The van der Waals surface area contributed by atoms with Crippen molar-refractivity contribution in [3.05, 3.63) is 65.2 Å². The molecule has 0 unspecified atom stereocenters. The Kier molecular flexibility index (Phi) is 5.90. The van der Waals surface area contributed by atoms with Gasteiger partial charge < -0.3 is 5.32 Å². The third-order valence-electron chi connectivity index (χ3n) is 3.57. The van der Waals surface area contributed by atoms with Gasteiger partial charge in [-0.15, -0.1) is 10.2 Å². The molecular weight excluding hydrogens is 375 g/mol. The number of carbonyl (C=O) groups excluding carboxylic acids is 1. The summed E-state index contributed by atoms with van der Waals surface area (Å²) in [7, 11) is 0. The summed E-state index contributed by atoms with van der Waals surface area (Å²) >= 11 is 6.95. The van der Waals surface area contributed by atoms with E-state index in [1.807, 2.05) is 41.8 Å². The normalized spacial score (nSPS) is 10.7. The Balaban J connectivity index is 1.72. The van der Waals surface area contributed by atoms with Crippen LogP contribution in [0.2, 0.25) is 5.02 Å². The fourth-order valence-electron chi connectivity index (χ4n) is 2.37. The first kappa shape index (κ1) is 18.4. The van der Waals surface area contributed by atoms with Crippen molar-refractivity contribution in [1.29, 1.82) is 0 Å². The zero-order valence-corrected chi connectivity index (χ0v) is 15.5. The van der Waals surface area contributed by atoms with Gasteiger partial charge in [-0.25, -0.2) is 4.39 Å². The van der Waals surface area contributed by atoms with Crippen LogP contribution in [0.1, 0.15) is 12.7 Å². The molecule has 5 nitrogen and oxygen atoms in total. The maximum Gasteiger partial charge on any atom is 0.234 e. The number of thioether (sulfide) groups is 1. The van der Waals surface area contributed by atoms with Crippen LogP contribution in [0.4, 0.5) is 10.1 Å². The number of amides is 1. The molecule has 0 aliphatic carbocycles. The summed E-state index contributed by atoms with van der Waals surface area (Å²) in [6.07, 6.45) is 0.713. The highest BCUT2D eigenvalue weighted by Crippen LogP contribution is 2.23. The number of nitrogens with one attached hydrogen (secondary N) is 1.